The number of para-hydroxylation sites is 1. The number of nitrogens with two attached hydrogens (primary N) is 1. The van der Waals surface area contributed by atoms with Crippen LogP contribution in [0.4, 0.5) is 0 Å². The van der Waals surface area contributed by atoms with Crippen molar-refractivity contribution in [2.45, 2.75) is 13.0 Å². The smallest absolute Gasteiger partial charge is 0.407 e. The zero-order valence-electron chi connectivity index (χ0n) is 13.4. The number of nitrogens with one attached hydrogen (secondary N) is 1. The average molecular weight is 325 g/mol. The number of oxazole rings is 1. The Hall–Kier alpha value is -2.86. The maximum absolute atomic E-state index is 12.4. The van der Waals surface area contributed by atoms with Crippen LogP contribution >= 0.6 is 0 Å². The minimum Gasteiger partial charge on any atom is -0.407 e. The summed E-state index contributed by atoms with van der Waals surface area (Å²) in [6.45, 7) is 1.01. The molecular weight excluding hydrogens is 306 g/mol. The first-order valence-corrected chi connectivity index (χ1v) is 7.75. The van der Waals surface area contributed by atoms with Crippen LogP contribution in [0.2, 0.25) is 0 Å². The van der Waals surface area contributed by atoms with Crippen molar-refractivity contribution in [1.82, 2.24) is 9.88 Å². The normalized spacial score (nSPS) is 10.9. The van der Waals surface area contributed by atoms with Gasteiger partial charge in [0, 0.05) is 13.6 Å². The molecule has 1 aromatic heterocycles. The highest BCUT2D eigenvalue weighted by Gasteiger charge is 2.15. The van der Waals surface area contributed by atoms with Crippen LogP contribution in [0.3, 0.4) is 0 Å². The van der Waals surface area contributed by atoms with Crippen molar-refractivity contribution in [2.75, 3.05) is 6.54 Å². The van der Waals surface area contributed by atoms with Crippen molar-refractivity contribution in [3.8, 4) is 0 Å². The number of carbonyl (C=O) groups excluding carboxylic acids is 1. The van der Waals surface area contributed by atoms with E-state index in [0.717, 1.165) is 12.0 Å². The van der Waals surface area contributed by atoms with Gasteiger partial charge < -0.3 is 15.5 Å². The summed E-state index contributed by atoms with van der Waals surface area (Å²) in [7, 11) is 1.61. The fraction of sp³-hybridized carbons (Fsp3) is 0.222. The van der Waals surface area contributed by atoms with E-state index in [1.165, 1.54) is 10.1 Å². The minimum absolute atomic E-state index is 0.277. The van der Waals surface area contributed by atoms with Gasteiger partial charge in [0.25, 0.3) is 5.91 Å². The molecule has 0 radical (unpaired) electrons. The molecule has 0 spiro atoms. The zero-order chi connectivity index (χ0) is 17.1. The molecule has 6 heteroatoms. The number of fused-ring (bicyclic) bond motifs is 1. The van der Waals surface area contributed by atoms with Gasteiger partial charge in [-0.2, -0.15) is 0 Å². The predicted molar refractivity (Wildman–Crippen MR) is 91.8 cm³/mol. The van der Waals surface area contributed by atoms with E-state index in [9.17, 15) is 9.59 Å². The van der Waals surface area contributed by atoms with Crippen LogP contribution in [0.1, 0.15) is 21.5 Å². The molecular formula is C18H19N3O3. The number of carbonyl (C=O) groups is 1. The number of nitrogens with zero attached hydrogens (tertiary/aromatic N) is 1. The fourth-order valence-corrected chi connectivity index (χ4v) is 2.60. The Morgan fingerprint density at radius 3 is 2.58 bits per heavy atom. The van der Waals surface area contributed by atoms with E-state index in [2.05, 4.69) is 5.32 Å². The van der Waals surface area contributed by atoms with Crippen molar-refractivity contribution >= 4 is 17.0 Å². The lowest BCUT2D eigenvalue weighted by Gasteiger charge is -2.07. The molecule has 24 heavy (non-hydrogen) atoms. The molecule has 3 N–H and O–H groups in total. The molecule has 1 heterocycles. The van der Waals surface area contributed by atoms with Crippen molar-refractivity contribution in [3.63, 3.8) is 0 Å². The highest BCUT2D eigenvalue weighted by atomic mass is 16.4. The lowest BCUT2D eigenvalue weighted by Crippen LogP contribution is -2.23. The Morgan fingerprint density at radius 1 is 1.17 bits per heavy atom. The number of rotatable bonds is 5. The molecule has 0 fully saturated rings. The molecule has 0 saturated carbocycles. The van der Waals surface area contributed by atoms with Gasteiger partial charge in [0.05, 0.1) is 11.1 Å². The monoisotopic (exact) mass is 325 g/mol. The Labute approximate surface area is 138 Å². The maximum Gasteiger partial charge on any atom is 0.419 e. The van der Waals surface area contributed by atoms with Crippen LogP contribution in [0.5, 0.6) is 0 Å². The first-order valence-electron chi connectivity index (χ1n) is 7.75. The van der Waals surface area contributed by atoms with E-state index in [4.69, 9.17) is 10.2 Å². The van der Waals surface area contributed by atoms with Gasteiger partial charge >= 0.3 is 5.76 Å². The summed E-state index contributed by atoms with van der Waals surface area (Å²) in [6, 6.07) is 13.1. The number of benzene rings is 2. The van der Waals surface area contributed by atoms with Gasteiger partial charge in [-0.1, -0.05) is 30.3 Å². The average Bonchev–Trinajstić information content (AvgIpc) is 2.89. The number of aryl methyl sites for hydroxylation is 1. The van der Waals surface area contributed by atoms with Crippen molar-refractivity contribution in [1.29, 1.82) is 0 Å². The lowest BCUT2D eigenvalue weighted by molar-refractivity contribution is 0.0951. The summed E-state index contributed by atoms with van der Waals surface area (Å²) in [5, 5.41) is 2.85. The topological polar surface area (TPSA) is 90.3 Å². The Kier molecular flexibility index (Phi) is 4.48. The summed E-state index contributed by atoms with van der Waals surface area (Å²) in [5.74, 6) is -0.762. The quantitative estimate of drug-likeness (QED) is 0.745. The third kappa shape index (κ3) is 3.09. The van der Waals surface area contributed by atoms with Crippen LogP contribution in [0.25, 0.3) is 11.1 Å². The molecule has 0 saturated heterocycles. The van der Waals surface area contributed by atoms with E-state index in [0.29, 0.717) is 29.8 Å². The van der Waals surface area contributed by atoms with E-state index in [1.54, 1.807) is 25.2 Å². The first kappa shape index (κ1) is 16.0. The van der Waals surface area contributed by atoms with E-state index in [1.807, 2.05) is 24.3 Å². The zero-order valence-corrected chi connectivity index (χ0v) is 13.4. The third-order valence-electron chi connectivity index (χ3n) is 3.97. The van der Waals surface area contributed by atoms with Crippen molar-refractivity contribution in [2.24, 2.45) is 12.8 Å². The second-order valence-electron chi connectivity index (χ2n) is 5.62. The largest absolute Gasteiger partial charge is 0.419 e. The van der Waals surface area contributed by atoms with Crippen LogP contribution in [-0.4, -0.2) is 17.0 Å². The Balaban J connectivity index is 1.76. The van der Waals surface area contributed by atoms with E-state index in [-0.39, 0.29) is 5.91 Å². The number of hydrogen-bond donors (Lipinski definition) is 2. The van der Waals surface area contributed by atoms with Gasteiger partial charge in [-0.25, -0.2) is 4.79 Å². The molecule has 0 atom stereocenters. The second kappa shape index (κ2) is 6.72. The van der Waals surface area contributed by atoms with Crippen molar-refractivity contribution < 1.29 is 9.21 Å². The summed E-state index contributed by atoms with van der Waals surface area (Å²) in [6.07, 6.45) is 0.835. The number of amides is 1. The predicted octanol–water partition coefficient (Wildman–Crippen LogP) is 1.56. The summed E-state index contributed by atoms with van der Waals surface area (Å²) >= 11 is 0. The maximum atomic E-state index is 12.4. The Morgan fingerprint density at radius 2 is 1.88 bits per heavy atom. The van der Waals surface area contributed by atoms with Gasteiger partial charge in [-0.15, -0.1) is 0 Å². The van der Waals surface area contributed by atoms with Gasteiger partial charge in [-0.3, -0.25) is 9.36 Å². The first-order chi connectivity index (χ1) is 11.6. The molecule has 3 aromatic rings. The molecule has 0 aliphatic heterocycles. The Bertz CT molecular complexity index is 923. The SMILES string of the molecule is Cn1c(=O)oc2c(C(=O)NCc3ccc(CCN)cc3)cccc21. The summed E-state index contributed by atoms with van der Waals surface area (Å²) in [4.78, 5) is 24.1. The highest BCUT2D eigenvalue weighted by molar-refractivity contribution is 6.04. The third-order valence-corrected chi connectivity index (χ3v) is 3.97. The molecule has 3 rings (SSSR count). The van der Waals surface area contributed by atoms with Crippen LogP contribution in [0, 0.1) is 0 Å². The molecule has 0 unspecified atom stereocenters. The molecule has 6 nitrogen and oxygen atoms in total. The van der Waals surface area contributed by atoms with Gasteiger partial charge in [0.2, 0.25) is 0 Å². The van der Waals surface area contributed by atoms with Crippen LogP contribution in [-0.2, 0) is 20.0 Å². The van der Waals surface area contributed by atoms with Gasteiger partial charge in [-0.05, 0) is 36.2 Å². The standard InChI is InChI=1S/C18H19N3O3/c1-21-15-4-2-3-14(16(15)24-18(21)23)17(22)20-11-13-7-5-12(6-8-13)9-10-19/h2-8H,9-11,19H2,1H3,(H,20,22). The number of aromatic nitrogens is 1. The second-order valence-corrected chi connectivity index (χ2v) is 5.62. The number of hydrogen-bond acceptors (Lipinski definition) is 4. The molecule has 124 valence electrons. The molecule has 1 amide bonds. The van der Waals surface area contributed by atoms with Gasteiger partial charge in [0.15, 0.2) is 5.58 Å². The molecule has 2 aromatic carbocycles. The highest BCUT2D eigenvalue weighted by Crippen LogP contribution is 2.17. The van der Waals surface area contributed by atoms with Crippen LogP contribution in [0.15, 0.2) is 51.7 Å². The van der Waals surface area contributed by atoms with Crippen molar-refractivity contribution in [3.05, 3.63) is 69.7 Å². The molecule has 0 aliphatic rings. The van der Waals surface area contributed by atoms with Crippen LogP contribution < -0.4 is 16.8 Å². The lowest BCUT2D eigenvalue weighted by atomic mass is 10.1. The molecule has 0 bridgehead atoms. The fourth-order valence-electron chi connectivity index (χ4n) is 2.60. The van der Waals surface area contributed by atoms with E-state index >= 15 is 0 Å². The van der Waals surface area contributed by atoms with Gasteiger partial charge in [0.1, 0.15) is 0 Å². The van der Waals surface area contributed by atoms with E-state index < -0.39 is 5.76 Å². The molecule has 0 aliphatic carbocycles. The minimum atomic E-state index is -0.485. The summed E-state index contributed by atoms with van der Waals surface area (Å²) < 4.78 is 6.56. The summed E-state index contributed by atoms with van der Waals surface area (Å²) in [5.41, 5.74) is 8.94.